The number of rotatable bonds is 4. The van der Waals surface area contributed by atoms with Gasteiger partial charge >= 0.3 is 0 Å². The molecule has 3 nitrogen and oxygen atoms in total. The molecule has 10 heavy (non-hydrogen) atoms. The predicted molar refractivity (Wildman–Crippen MR) is 40.3 cm³/mol. The van der Waals surface area contributed by atoms with E-state index >= 15 is 0 Å². The van der Waals surface area contributed by atoms with Gasteiger partial charge in [-0.3, -0.25) is 0 Å². The SMILES string of the molecule is CC(C)CCC(O)C(N)O. The quantitative estimate of drug-likeness (QED) is 0.493. The van der Waals surface area contributed by atoms with Gasteiger partial charge in [-0.15, -0.1) is 0 Å². The van der Waals surface area contributed by atoms with E-state index < -0.39 is 12.3 Å². The summed E-state index contributed by atoms with van der Waals surface area (Å²) < 4.78 is 0. The van der Waals surface area contributed by atoms with E-state index in [0.717, 1.165) is 6.42 Å². The summed E-state index contributed by atoms with van der Waals surface area (Å²) in [5.41, 5.74) is 5.03. The minimum Gasteiger partial charge on any atom is -0.389 e. The number of hydrogen-bond donors (Lipinski definition) is 3. The highest BCUT2D eigenvalue weighted by Gasteiger charge is 2.10. The Morgan fingerprint density at radius 3 is 2.00 bits per heavy atom. The van der Waals surface area contributed by atoms with Crippen molar-refractivity contribution in [3.8, 4) is 0 Å². The van der Waals surface area contributed by atoms with Gasteiger partial charge in [-0.25, -0.2) is 0 Å². The van der Waals surface area contributed by atoms with Crippen LogP contribution in [0.5, 0.6) is 0 Å². The van der Waals surface area contributed by atoms with E-state index in [1.807, 2.05) is 0 Å². The first kappa shape index (κ1) is 9.88. The molecule has 0 aromatic rings. The lowest BCUT2D eigenvalue weighted by Gasteiger charge is -2.13. The van der Waals surface area contributed by atoms with Crippen LogP contribution in [0.3, 0.4) is 0 Å². The van der Waals surface area contributed by atoms with Crippen molar-refractivity contribution in [1.29, 1.82) is 0 Å². The van der Waals surface area contributed by atoms with Gasteiger partial charge in [0.25, 0.3) is 0 Å². The first-order valence-electron chi connectivity index (χ1n) is 3.65. The van der Waals surface area contributed by atoms with E-state index in [1.54, 1.807) is 0 Å². The lowest BCUT2D eigenvalue weighted by molar-refractivity contribution is 0.0158. The summed E-state index contributed by atoms with van der Waals surface area (Å²) in [6.07, 6.45) is -0.369. The topological polar surface area (TPSA) is 66.5 Å². The van der Waals surface area contributed by atoms with Crippen molar-refractivity contribution < 1.29 is 10.2 Å². The third-order valence-corrected chi connectivity index (χ3v) is 1.43. The van der Waals surface area contributed by atoms with Crippen LogP contribution in [-0.2, 0) is 0 Å². The number of nitrogens with two attached hydrogens (primary N) is 1. The maximum Gasteiger partial charge on any atom is 0.128 e. The Labute approximate surface area is 61.9 Å². The Kier molecular flexibility index (Phi) is 4.60. The van der Waals surface area contributed by atoms with Gasteiger partial charge in [0.2, 0.25) is 0 Å². The van der Waals surface area contributed by atoms with Crippen LogP contribution in [0.15, 0.2) is 0 Å². The van der Waals surface area contributed by atoms with Crippen LogP contribution in [-0.4, -0.2) is 22.5 Å². The summed E-state index contributed by atoms with van der Waals surface area (Å²) in [6, 6.07) is 0. The van der Waals surface area contributed by atoms with E-state index in [2.05, 4.69) is 13.8 Å². The second-order valence-electron chi connectivity index (χ2n) is 3.03. The van der Waals surface area contributed by atoms with Crippen LogP contribution in [0.4, 0.5) is 0 Å². The summed E-state index contributed by atoms with van der Waals surface area (Å²) >= 11 is 0. The van der Waals surface area contributed by atoms with Crippen LogP contribution in [0.25, 0.3) is 0 Å². The van der Waals surface area contributed by atoms with E-state index in [-0.39, 0.29) is 0 Å². The molecule has 0 heterocycles. The zero-order valence-corrected chi connectivity index (χ0v) is 6.62. The van der Waals surface area contributed by atoms with Gasteiger partial charge in [-0.1, -0.05) is 13.8 Å². The molecule has 0 spiro atoms. The van der Waals surface area contributed by atoms with Crippen molar-refractivity contribution >= 4 is 0 Å². The Bertz CT molecular complexity index is 83.7. The normalized spacial score (nSPS) is 17.4. The Hall–Kier alpha value is -0.120. The highest BCUT2D eigenvalue weighted by atomic mass is 16.3. The average Bonchev–Trinajstić information content (AvgIpc) is 1.82. The summed E-state index contributed by atoms with van der Waals surface area (Å²) in [6.45, 7) is 4.13. The lowest BCUT2D eigenvalue weighted by Crippen LogP contribution is -2.34. The maximum absolute atomic E-state index is 9.00. The minimum absolute atomic E-state index is 0.549. The van der Waals surface area contributed by atoms with Crippen LogP contribution in [0.2, 0.25) is 0 Å². The monoisotopic (exact) mass is 147 g/mol. The second kappa shape index (κ2) is 4.66. The van der Waals surface area contributed by atoms with Gasteiger partial charge in [-0.05, 0) is 18.8 Å². The molecule has 0 fully saturated rings. The molecular weight excluding hydrogens is 130 g/mol. The van der Waals surface area contributed by atoms with Gasteiger partial charge < -0.3 is 15.9 Å². The average molecular weight is 147 g/mol. The Balaban J connectivity index is 3.30. The Morgan fingerprint density at radius 2 is 1.70 bits per heavy atom. The van der Waals surface area contributed by atoms with E-state index in [9.17, 15) is 0 Å². The first-order valence-corrected chi connectivity index (χ1v) is 3.65. The third kappa shape index (κ3) is 4.73. The molecule has 0 radical (unpaired) electrons. The van der Waals surface area contributed by atoms with Crippen molar-refractivity contribution in [1.82, 2.24) is 0 Å². The first-order chi connectivity index (χ1) is 4.54. The summed E-state index contributed by atoms with van der Waals surface area (Å²) in [5, 5.41) is 17.7. The third-order valence-electron chi connectivity index (χ3n) is 1.43. The maximum atomic E-state index is 9.00. The van der Waals surface area contributed by atoms with Crippen molar-refractivity contribution in [3.05, 3.63) is 0 Å². The van der Waals surface area contributed by atoms with Gasteiger partial charge in [0.1, 0.15) is 6.23 Å². The molecule has 0 saturated heterocycles. The summed E-state index contributed by atoms with van der Waals surface area (Å²) in [7, 11) is 0. The molecule has 0 saturated carbocycles. The van der Waals surface area contributed by atoms with E-state index in [1.165, 1.54) is 0 Å². The lowest BCUT2D eigenvalue weighted by atomic mass is 10.0. The van der Waals surface area contributed by atoms with Crippen LogP contribution >= 0.6 is 0 Å². The summed E-state index contributed by atoms with van der Waals surface area (Å²) in [5.74, 6) is 0.549. The molecular formula is C7H17NO2. The highest BCUT2D eigenvalue weighted by Crippen LogP contribution is 2.07. The van der Waals surface area contributed by atoms with Crippen molar-refractivity contribution in [2.75, 3.05) is 0 Å². The van der Waals surface area contributed by atoms with Crippen LogP contribution < -0.4 is 5.73 Å². The van der Waals surface area contributed by atoms with Crippen LogP contribution in [0.1, 0.15) is 26.7 Å². The molecule has 2 atom stereocenters. The molecule has 4 N–H and O–H groups in total. The smallest absolute Gasteiger partial charge is 0.128 e. The fraction of sp³-hybridized carbons (Fsp3) is 1.00. The zero-order chi connectivity index (χ0) is 8.15. The van der Waals surface area contributed by atoms with E-state index in [4.69, 9.17) is 15.9 Å². The van der Waals surface area contributed by atoms with Gasteiger partial charge in [-0.2, -0.15) is 0 Å². The zero-order valence-electron chi connectivity index (χ0n) is 6.62. The standard InChI is InChI=1S/C7H17NO2/c1-5(2)3-4-6(9)7(8)10/h5-7,9-10H,3-4,8H2,1-2H3. The predicted octanol–water partition coefficient (Wildman–Crippen LogP) is 0.0606. The molecule has 0 rings (SSSR count). The van der Waals surface area contributed by atoms with Gasteiger partial charge in [0.05, 0.1) is 6.10 Å². The van der Waals surface area contributed by atoms with Crippen molar-refractivity contribution in [3.63, 3.8) is 0 Å². The molecule has 62 valence electrons. The molecule has 0 aromatic heterocycles. The minimum atomic E-state index is -1.08. The van der Waals surface area contributed by atoms with E-state index in [0.29, 0.717) is 12.3 Å². The molecule has 0 bridgehead atoms. The molecule has 0 aliphatic carbocycles. The highest BCUT2D eigenvalue weighted by molar-refractivity contribution is 4.61. The van der Waals surface area contributed by atoms with Crippen LogP contribution in [0, 0.1) is 5.92 Å². The second-order valence-corrected chi connectivity index (χ2v) is 3.03. The Morgan fingerprint density at radius 1 is 1.20 bits per heavy atom. The van der Waals surface area contributed by atoms with Gasteiger partial charge in [0.15, 0.2) is 0 Å². The fourth-order valence-corrected chi connectivity index (χ4v) is 0.675. The molecule has 0 amide bonds. The molecule has 0 aliphatic heterocycles. The van der Waals surface area contributed by atoms with Crippen molar-refractivity contribution in [2.24, 2.45) is 11.7 Å². The molecule has 3 heteroatoms. The number of aliphatic hydroxyl groups excluding tert-OH is 2. The van der Waals surface area contributed by atoms with Gasteiger partial charge in [0, 0.05) is 0 Å². The number of hydrogen-bond acceptors (Lipinski definition) is 3. The largest absolute Gasteiger partial charge is 0.389 e. The molecule has 0 aromatic carbocycles. The van der Waals surface area contributed by atoms with Crippen molar-refractivity contribution in [2.45, 2.75) is 39.0 Å². The molecule has 2 unspecified atom stereocenters. The molecule has 0 aliphatic rings. The number of aliphatic hydroxyl groups is 2. The summed E-state index contributed by atoms with van der Waals surface area (Å²) in [4.78, 5) is 0. The fourth-order valence-electron chi connectivity index (χ4n) is 0.675.